The van der Waals surface area contributed by atoms with Crippen LogP contribution in [0.4, 0.5) is 4.39 Å². The molecule has 0 saturated carbocycles. The Bertz CT molecular complexity index is 1060. The monoisotopic (exact) mass is 370 g/mol. The predicted molar refractivity (Wildman–Crippen MR) is 101 cm³/mol. The van der Waals surface area contributed by atoms with Crippen molar-refractivity contribution >= 4 is 5.65 Å². The molecule has 1 saturated heterocycles. The lowest BCUT2D eigenvalue weighted by Crippen LogP contribution is -2.21. The summed E-state index contributed by atoms with van der Waals surface area (Å²) in [5.74, 6) is 0.709. The maximum absolute atomic E-state index is 14.1. The molecule has 0 spiro atoms. The quantitative estimate of drug-likeness (QED) is 0.767. The molecular formula is C20H23FN4O2. The van der Waals surface area contributed by atoms with E-state index in [9.17, 15) is 9.18 Å². The number of nitrogens with zero attached hydrogens (tertiary/aromatic N) is 3. The van der Waals surface area contributed by atoms with E-state index in [1.807, 2.05) is 13.0 Å². The molecule has 4 rings (SSSR count). The maximum atomic E-state index is 14.1. The van der Waals surface area contributed by atoms with Crippen LogP contribution in [0.15, 0.2) is 29.1 Å². The second kappa shape index (κ2) is 6.81. The Morgan fingerprint density at radius 1 is 1.33 bits per heavy atom. The smallest absolute Gasteiger partial charge is 0.275 e. The first-order valence-corrected chi connectivity index (χ1v) is 9.10. The summed E-state index contributed by atoms with van der Waals surface area (Å²) in [6, 6.07) is 6.78. The van der Waals surface area contributed by atoms with Gasteiger partial charge in [0.15, 0.2) is 5.65 Å². The van der Waals surface area contributed by atoms with Gasteiger partial charge in [-0.3, -0.25) is 14.8 Å². The lowest BCUT2D eigenvalue weighted by Gasteiger charge is -2.16. The van der Waals surface area contributed by atoms with Gasteiger partial charge < -0.3 is 4.74 Å². The minimum Gasteiger partial charge on any atom is -0.497 e. The Morgan fingerprint density at radius 3 is 2.93 bits per heavy atom. The Kier molecular flexibility index (Phi) is 4.47. The Balaban J connectivity index is 1.54. The third-order valence-electron chi connectivity index (χ3n) is 5.46. The normalized spacial score (nSPS) is 17.7. The minimum absolute atomic E-state index is 0.0583. The SMILES string of the molecule is COc1ccc(F)c(CN2CC[C@@H](c3cc4nc(C)c(C)c(=O)n4[nH]3)C2)c1. The van der Waals surface area contributed by atoms with Crippen LogP contribution in [-0.4, -0.2) is 39.7 Å². The molecule has 1 aliphatic heterocycles. The number of hydrogen-bond donors (Lipinski definition) is 1. The zero-order valence-corrected chi connectivity index (χ0v) is 15.8. The van der Waals surface area contributed by atoms with E-state index >= 15 is 0 Å². The highest BCUT2D eigenvalue weighted by atomic mass is 19.1. The van der Waals surface area contributed by atoms with Crippen LogP contribution in [0.25, 0.3) is 5.65 Å². The molecule has 3 heterocycles. The molecular weight excluding hydrogens is 347 g/mol. The fourth-order valence-corrected chi connectivity index (χ4v) is 3.72. The highest BCUT2D eigenvalue weighted by Gasteiger charge is 2.26. The number of fused-ring (bicyclic) bond motifs is 1. The lowest BCUT2D eigenvalue weighted by atomic mass is 10.1. The van der Waals surface area contributed by atoms with E-state index in [0.717, 1.165) is 30.9 Å². The van der Waals surface area contributed by atoms with Crippen molar-refractivity contribution in [1.29, 1.82) is 0 Å². The van der Waals surface area contributed by atoms with E-state index in [1.165, 1.54) is 10.6 Å². The number of hydrogen-bond acceptors (Lipinski definition) is 4. The number of aromatic amines is 1. The van der Waals surface area contributed by atoms with Crippen LogP contribution < -0.4 is 10.3 Å². The zero-order chi connectivity index (χ0) is 19.1. The molecule has 2 aromatic heterocycles. The zero-order valence-electron chi connectivity index (χ0n) is 15.8. The fraction of sp³-hybridized carbons (Fsp3) is 0.400. The number of likely N-dealkylation sites (tertiary alicyclic amines) is 1. The number of H-pyrrole nitrogens is 1. The predicted octanol–water partition coefficient (Wildman–Crippen LogP) is 2.78. The first-order chi connectivity index (χ1) is 13.0. The molecule has 1 atom stereocenters. The van der Waals surface area contributed by atoms with Crippen molar-refractivity contribution in [3.63, 3.8) is 0 Å². The van der Waals surface area contributed by atoms with E-state index in [2.05, 4.69) is 15.0 Å². The molecule has 1 N–H and O–H groups in total. The summed E-state index contributed by atoms with van der Waals surface area (Å²) in [5.41, 5.74) is 3.64. The van der Waals surface area contributed by atoms with Gasteiger partial charge in [-0.1, -0.05) is 0 Å². The average molecular weight is 370 g/mol. The van der Waals surface area contributed by atoms with Crippen LogP contribution in [0.3, 0.4) is 0 Å². The standard InChI is InChI=1S/C20H23FN4O2/c1-12-13(2)22-19-9-18(23-25(19)20(12)26)14-6-7-24(10-14)11-15-8-16(27-3)4-5-17(15)21/h4-5,8-9,14,23H,6-7,10-11H2,1-3H3/t14-/m1/s1. The van der Waals surface area contributed by atoms with Crippen LogP contribution in [0.2, 0.25) is 0 Å². The van der Waals surface area contributed by atoms with Crippen molar-refractivity contribution in [2.24, 2.45) is 0 Å². The first kappa shape index (κ1) is 17.7. The second-order valence-corrected chi connectivity index (χ2v) is 7.21. The molecule has 0 radical (unpaired) electrons. The Labute approximate surface area is 156 Å². The number of ether oxygens (including phenoxy) is 1. The highest BCUT2D eigenvalue weighted by molar-refractivity contribution is 5.42. The molecule has 0 aliphatic carbocycles. The minimum atomic E-state index is -0.216. The second-order valence-electron chi connectivity index (χ2n) is 7.21. The van der Waals surface area contributed by atoms with Crippen molar-refractivity contribution < 1.29 is 9.13 Å². The summed E-state index contributed by atoms with van der Waals surface area (Å²) in [4.78, 5) is 19.1. The van der Waals surface area contributed by atoms with Crippen molar-refractivity contribution in [2.45, 2.75) is 32.7 Å². The largest absolute Gasteiger partial charge is 0.497 e. The van der Waals surface area contributed by atoms with Gasteiger partial charge in [0.2, 0.25) is 0 Å². The molecule has 0 bridgehead atoms. The van der Waals surface area contributed by atoms with Gasteiger partial charge >= 0.3 is 0 Å². The summed E-state index contributed by atoms with van der Waals surface area (Å²) < 4.78 is 20.8. The number of benzene rings is 1. The van der Waals surface area contributed by atoms with Crippen LogP contribution in [0.1, 0.15) is 34.9 Å². The highest BCUT2D eigenvalue weighted by Crippen LogP contribution is 2.28. The number of aromatic nitrogens is 3. The van der Waals surface area contributed by atoms with Crippen molar-refractivity contribution in [3.8, 4) is 5.75 Å². The molecule has 1 aliphatic rings. The van der Waals surface area contributed by atoms with Crippen LogP contribution in [-0.2, 0) is 6.54 Å². The van der Waals surface area contributed by atoms with Crippen molar-refractivity contribution in [2.75, 3.05) is 20.2 Å². The number of nitrogens with one attached hydrogen (secondary N) is 1. The summed E-state index contributed by atoms with van der Waals surface area (Å²) in [7, 11) is 1.58. The molecule has 1 fully saturated rings. The van der Waals surface area contributed by atoms with Gasteiger partial charge in [-0.15, -0.1) is 0 Å². The van der Waals surface area contributed by atoms with Crippen LogP contribution in [0.5, 0.6) is 5.75 Å². The van der Waals surface area contributed by atoms with Gasteiger partial charge in [-0.05, 0) is 45.0 Å². The molecule has 6 nitrogen and oxygen atoms in total. The third kappa shape index (κ3) is 3.23. The summed E-state index contributed by atoms with van der Waals surface area (Å²) in [5, 5.41) is 3.21. The number of halogens is 1. The van der Waals surface area contributed by atoms with Gasteiger partial charge in [0.05, 0.1) is 7.11 Å². The first-order valence-electron chi connectivity index (χ1n) is 9.10. The van der Waals surface area contributed by atoms with E-state index in [0.29, 0.717) is 29.1 Å². The van der Waals surface area contributed by atoms with Gasteiger partial charge in [0.1, 0.15) is 11.6 Å². The van der Waals surface area contributed by atoms with Gasteiger partial charge in [-0.2, -0.15) is 0 Å². The molecule has 27 heavy (non-hydrogen) atoms. The van der Waals surface area contributed by atoms with Gasteiger partial charge in [0, 0.05) is 47.6 Å². The maximum Gasteiger partial charge on any atom is 0.275 e. The van der Waals surface area contributed by atoms with E-state index in [1.54, 1.807) is 26.2 Å². The summed E-state index contributed by atoms with van der Waals surface area (Å²) >= 11 is 0. The molecule has 0 unspecified atom stereocenters. The van der Waals surface area contributed by atoms with Gasteiger partial charge in [-0.25, -0.2) is 13.9 Å². The Hall–Kier alpha value is -2.67. The molecule has 1 aromatic carbocycles. The Morgan fingerprint density at radius 2 is 2.15 bits per heavy atom. The van der Waals surface area contributed by atoms with Gasteiger partial charge in [0.25, 0.3) is 5.56 Å². The van der Waals surface area contributed by atoms with Crippen molar-refractivity contribution in [1.82, 2.24) is 19.5 Å². The number of rotatable bonds is 4. The topological polar surface area (TPSA) is 62.6 Å². The number of aryl methyl sites for hydroxylation is 1. The van der Waals surface area contributed by atoms with E-state index in [4.69, 9.17) is 4.74 Å². The molecule has 142 valence electrons. The average Bonchev–Trinajstić information content (AvgIpc) is 3.28. The van der Waals surface area contributed by atoms with E-state index in [-0.39, 0.29) is 17.3 Å². The molecule has 7 heteroatoms. The third-order valence-corrected chi connectivity index (χ3v) is 5.46. The fourth-order valence-electron chi connectivity index (χ4n) is 3.72. The number of methoxy groups -OCH3 is 1. The van der Waals surface area contributed by atoms with Crippen LogP contribution in [0, 0.1) is 19.7 Å². The molecule has 0 amide bonds. The summed E-state index contributed by atoms with van der Waals surface area (Å²) in [6.07, 6.45) is 0.950. The van der Waals surface area contributed by atoms with Crippen LogP contribution >= 0.6 is 0 Å². The molecule has 3 aromatic rings. The van der Waals surface area contributed by atoms with E-state index < -0.39 is 0 Å². The van der Waals surface area contributed by atoms with Crippen molar-refractivity contribution in [3.05, 3.63) is 63.0 Å². The summed E-state index contributed by atoms with van der Waals surface area (Å²) in [6.45, 7) is 5.85. The lowest BCUT2D eigenvalue weighted by molar-refractivity contribution is 0.319.